The number of nitrogens with zero attached hydrogens (tertiary/aromatic N) is 1. The zero-order chi connectivity index (χ0) is 14.9. The monoisotopic (exact) mass is 276 g/mol. The van der Waals surface area contributed by atoms with Crippen molar-refractivity contribution < 1.29 is 9.90 Å². The van der Waals surface area contributed by atoms with Crippen molar-refractivity contribution in [3.05, 3.63) is 29.8 Å². The van der Waals surface area contributed by atoms with E-state index in [1.165, 1.54) is 5.56 Å². The largest absolute Gasteiger partial charge is 0.465 e. The van der Waals surface area contributed by atoms with Crippen molar-refractivity contribution in [1.82, 2.24) is 4.90 Å². The summed E-state index contributed by atoms with van der Waals surface area (Å²) in [5.74, 6) is 0.412. The molecule has 1 fully saturated rings. The van der Waals surface area contributed by atoms with Crippen molar-refractivity contribution in [2.75, 3.05) is 12.3 Å². The number of amides is 1. The van der Waals surface area contributed by atoms with Gasteiger partial charge in [0.2, 0.25) is 0 Å². The van der Waals surface area contributed by atoms with Gasteiger partial charge in [-0.1, -0.05) is 32.9 Å². The molecule has 4 heteroatoms. The van der Waals surface area contributed by atoms with E-state index in [4.69, 9.17) is 5.73 Å². The lowest BCUT2D eigenvalue weighted by molar-refractivity contribution is 0.0526. The minimum Gasteiger partial charge on any atom is -0.465 e. The molecule has 0 saturated carbocycles. The highest BCUT2D eigenvalue weighted by Crippen LogP contribution is 2.39. The van der Waals surface area contributed by atoms with Crippen LogP contribution in [0.25, 0.3) is 0 Å². The molecule has 0 radical (unpaired) electrons. The van der Waals surface area contributed by atoms with E-state index in [1.54, 1.807) is 4.90 Å². The Labute approximate surface area is 120 Å². The number of rotatable bonds is 1. The minimum atomic E-state index is -0.805. The van der Waals surface area contributed by atoms with Crippen molar-refractivity contribution >= 4 is 11.8 Å². The van der Waals surface area contributed by atoms with Gasteiger partial charge in [0.1, 0.15) is 0 Å². The molecule has 2 rings (SSSR count). The molecular weight excluding hydrogens is 252 g/mol. The van der Waals surface area contributed by atoms with Crippen LogP contribution < -0.4 is 5.73 Å². The molecule has 20 heavy (non-hydrogen) atoms. The highest BCUT2D eigenvalue weighted by Gasteiger charge is 2.38. The normalized spacial score (nSPS) is 23.6. The molecule has 2 unspecified atom stereocenters. The molecule has 110 valence electrons. The molecule has 0 spiro atoms. The summed E-state index contributed by atoms with van der Waals surface area (Å²) in [6, 6.07) is 8.03. The number of nitrogen functional groups attached to an aromatic ring is 1. The number of benzene rings is 1. The SMILES string of the molecule is CC(C)(C)C1CC(c2ccc(N)cc2)CCN1C(=O)O. The zero-order valence-electron chi connectivity index (χ0n) is 12.5. The Kier molecular flexibility index (Phi) is 3.93. The molecule has 1 aliphatic rings. The second kappa shape index (κ2) is 5.35. The van der Waals surface area contributed by atoms with E-state index in [0.29, 0.717) is 12.5 Å². The Bertz CT molecular complexity index is 476. The molecule has 1 aromatic rings. The Balaban J connectivity index is 2.20. The summed E-state index contributed by atoms with van der Waals surface area (Å²) in [4.78, 5) is 13.0. The molecule has 0 bridgehead atoms. The van der Waals surface area contributed by atoms with Crippen LogP contribution in [0, 0.1) is 5.41 Å². The number of hydrogen-bond donors (Lipinski definition) is 2. The summed E-state index contributed by atoms with van der Waals surface area (Å²) >= 11 is 0. The zero-order valence-corrected chi connectivity index (χ0v) is 12.5. The number of piperidine rings is 1. The third-order valence-electron chi connectivity index (χ3n) is 4.26. The van der Waals surface area contributed by atoms with E-state index >= 15 is 0 Å². The molecule has 1 amide bonds. The average Bonchev–Trinajstić information content (AvgIpc) is 2.38. The van der Waals surface area contributed by atoms with Gasteiger partial charge in [0, 0.05) is 18.3 Å². The predicted molar refractivity (Wildman–Crippen MR) is 80.8 cm³/mol. The third kappa shape index (κ3) is 3.06. The molecule has 0 aromatic heterocycles. The van der Waals surface area contributed by atoms with Crippen molar-refractivity contribution in [1.29, 1.82) is 0 Å². The highest BCUT2D eigenvalue weighted by molar-refractivity contribution is 5.65. The van der Waals surface area contributed by atoms with Gasteiger partial charge in [-0.2, -0.15) is 0 Å². The lowest BCUT2D eigenvalue weighted by atomic mass is 9.75. The molecule has 3 N–H and O–H groups in total. The van der Waals surface area contributed by atoms with Crippen molar-refractivity contribution in [3.63, 3.8) is 0 Å². The van der Waals surface area contributed by atoms with Crippen LogP contribution in [0.3, 0.4) is 0 Å². The summed E-state index contributed by atoms with van der Waals surface area (Å²) < 4.78 is 0. The van der Waals surface area contributed by atoms with Gasteiger partial charge in [-0.15, -0.1) is 0 Å². The van der Waals surface area contributed by atoms with Crippen LogP contribution in [0.1, 0.15) is 45.1 Å². The Morgan fingerprint density at radius 3 is 2.40 bits per heavy atom. The number of carbonyl (C=O) groups is 1. The number of carboxylic acid groups (broad SMARTS) is 1. The standard InChI is InChI=1S/C16H24N2O2/c1-16(2,3)14-10-12(8-9-18(14)15(19)20)11-4-6-13(17)7-5-11/h4-7,12,14H,8-10,17H2,1-3H3,(H,19,20). The summed E-state index contributed by atoms with van der Waals surface area (Å²) in [6.45, 7) is 6.93. The molecular formula is C16H24N2O2. The highest BCUT2D eigenvalue weighted by atomic mass is 16.4. The van der Waals surface area contributed by atoms with Crippen LogP contribution in [0.4, 0.5) is 10.5 Å². The molecule has 1 heterocycles. The van der Waals surface area contributed by atoms with E-state index in [0.717, 1.165) is 18.5 Å². The number of hydrogen-bond acceptors (Lipinski definition) is 2. The van der Waals surface area contributed by atoms with Gasteiger partial charge in [0.25, 0.3) is 0 Å². The topological polar surface area (TPSA) is 66.6 Å². The Morgan fingerprint density at radius 2 is 1.90 bits per heavy atom. The van der Waals surface area contributed by atoms with E-state index in [-0.39, 0.29) is 11.5 Å². The molecule has 2 atom stereocenters. The quantitative estimate of drug-likeness (QED) is 0.771. The fourth-order valence-corrected chi connectivity index (χ4v) is 3.09. The Hall–Kier alpha value is -1.71. The van der Waals surface area contributed by atoms with Gasteiger partial charge in [0.05, 0.1) is 0 Å². The van der Waals surface area contributed by atoms with Crippen LogP contribution in [0.2, 0.25) is 0 Å². The smallest absolute Gasteiger partial charge is 0.407 e. The first-order valence-electron chi connectivity index (χ1n) is 7.14. The fourth-order valence-electron chi connectivity index (χ4n) is 3.09. The maximum Gasteiger partial charge on any atom is 0.407 e. The Morgan fingerprint density at radius 1 is 1.30 bits per heavy atom. The van der Waals surface area contributed by atoms with E-state index in [1.807, 2.05) is 12.1 Å². The number of nitrogens with two attached hydrogens (primary N) is 1. The maximum absolute atomic E-state index is 11.4. The summed E-state index contributed by atoms with van der Waals surface area (Å²) in [5, 5.41) is 9.37. The molecule has 0 aliphatic carbocycles. The summed E-state index contributed by atoms with van der Waals surface area (Å²) in [6.07, 6.45) is 0.948. The lowest BCUT2D eigenvalue weighted by Gasteiger charge is -2.44. The van der Waals surface area contributed by atoms with Gasteiger partial charge in [-0.05, 0) is 41.9 Å². The third-order valence-corrected chi connectivity index (χ3v) is 4.26. The second-order valence-electron chi connectivity index (χ2n) is 6.75. The first kappa shape index (κ1) is 14.7. The molecule has 4 nitrogen and oxygen atoms in total. The molecule has 1 aliphatic heterocycles. The molecule has 1 saturated heterocycles. The van der Waals surface area contributed by atoms with Crippen LogP contribution in [0.15, 0.2) is 24.3 Å². The van der Waals surface area contributed by atoms with Crippen molar-refractivity contribution in [3.8, 4) is 0 Å². The van der Waals surface area contributed by atoms with Crippen LogP contribution in [0.5, 0.6) is 0 Å². The summed E-state index contributed by atoms with van der Waals surface area (Å²) in [7, 11) is 0. The maximum atomic E-state index is 11.4. The van der Waals surface area contributed by atoms with Crippen LogP contribution in [-0.4, -0.2) is 28.7 Å². The van der Waals surface area contributed by atoms with E-state index in [2.05, 4.69) is 32.9 Å². The van der Waals surface area contributed by atoms with Crippen molar-refractivity contribution in [2.45, 2.75) is 45.6 Å². The fraction of sp³-hybridized carbons (Fsp3) is 0.562. The van der Waals surface area contributed by atoms with Gasteiger partial charge in [-0.3, -0.25) is 0 Å². The van der Waals surface area contributed by atoms with E-state index in [9.17, 15) is 9.90 Å². The minimum absolute atomic E-state index is 0.0507. The number of likely N-dealkylation sites (tertiary alicyclic amines) is 1. The van der Waals surface area contributed by atoms with E-state index < -0.39 is 6.09 Å². The van der Waals surface area contributed by atoms with Gasteiger partial charge in [0.15, 0.2) is 0 Å². The van der Waals surface area contributed by atoms with Gasteiger partial charge < -0.3 is 15.7 Å². The first-order valence-corrected chi connectivity index (χ1v) is 7.14. The summed E-state index contributed by atoms with van der Waals surface area (Å²) in [5.41, 5.74) is 7.71. The molecule has 1 aromatic carbocycles. The number of anilines is 1. The van der Waals surface area contributed by atoms with Crippen LogP contribution >= 0.6 is 0 Å². The predicted octanol–water partition coefficient (Wildman–Crippen LogP) is 3.54. The van der Waals surface area contributed by atoms with Gasteiger partial charge in [-0.25, -0.2) is 4.79 Å². The second-order valence-corrected chi connectivity index (χ2v) is 6.75. The average molecular weight is 276 g/mol. The lowest BCUT2D eigenvalue weighted by Crippen LogP contribution is -2.51. The first-order chi connectivity index (χ1) is 9.29. The van der Waals surface area contributed by atoms with Crippen LogP contribution in [-0.2, 0) is 0 Å². The van der Waals surface area contributed by atoms with Gasteiger partial charge >= 0.3 is 6.09 Å². The van der Waals surface area contributed by atoms with Crippen molar-refractivity contribution in [2.24, 2.45) is 5.41 Å².